The highest BCUT2D eigenvalue weighted by Gasteiger charge is 1.98. The lowest BCUT2D eigenvalue weighted by Crippen LogP contribution is -1.93. The summed E-state index contributed by atoms with van der Waals surface area (Å²) >= 11 is 3.52. The number of alkyl halides is 1. The van der Waals surface area contributed by atoms with E-state index in [1.807, 2.05) is 0 Å². The summed E-state index contributed by atoms with van der Waals surface area (Å²) in [6.07, 6.45) is 43.8. The highest BCUT2D eigenvalue weighted by atomic mass is 79.9. The van der Waals surface area contributed by atoms with E-state index >= 15 is 0 Å². The third-order valence-corrected chi connectivity index (χ3v) is 8.59. The molecule has 2 nitrogen and oxygen atoms in total. The minimum absolute atomic E-state index is 0.346. The number of carboxylic acid groups (broad SMARTS) is 1. The number of hydrogen-bond donors (Lipinski definition) is 1. The van der Waals surface area contributed by atoms with Crippen molar-refractivity contribution >= 4 is 21.9 Å². The molecule has 0 heterocycles. The molecule has 3 heteroatoms. The number of hydrogen-bond acceptors (Lipinski definition) is 1. The molecule has 0 amide bonds. The van der Waals surface area contributed by atoms with E-state index in [2.05, 4.69) is 15.9 Å². The monoisotopic (exact) mass is 586 g/mol. The lowest BCUT2D eigenvalue weighted by molar-refractivity contribution is -0.137. The van der Waals surface area contributed by atoms with Gasteiger partial charge in [-0.2, -0.15) is 0 Å². The summed E-state index contributed by atoms with van der Waals surface area (Å²) in [5.41, 5.74) is 0. The van der Waals surface area contributed by atoms with Crippen LogP contribution in [0.5, 0.6) is 0 Å². The van der Waals surface area contributed by atoms with E-state index in [0.717, 1.165) is 12.8 Å². The summed E-state index contributed by atoms with van der Waals surface area (Å²) in [5.74, 6) is -0.648. The first kappa shape index (κ1) is 37.0. The summed E-state index contributed by atoms with van der Waals surface area (Å²) in [4.78, 5) is 10.5. The molecule has 0 atom stereocenters. The fourth-order valence-electron chi connectivity index (χ4n) is 5.50. The van der Waals surface area contributed by atoms with Crippen LogP contribution in [0.2, 0.25) is 0 Å². The summed E-state index contributed by atoms with van der Waals surface area (Å²) < 4.78 is 0. The Morgan fingerprint density at radius 3 is 0.649 bits per heavy atom. The molecule has 1 N–H and O–H groups in total. The average Bonchev–Trinajstić information content (AvgIpc) is 2.89. The molecule has 0 aliphatic carbocycles. The Balaban J connectivity index is 3.02. The van der Waals surface area contributed by atoms with E-state index in [0.29, 0.717) is 6.42 Å². The molecule has 0 saturated heterocycles. The second-order valence-electron chi connectivity index (χ2n) is 11.8. The maximum atomic E-state index is 10.5. The molecule has 0 rings (SSSR count). The van der Waals surface area contributed by atoms with E-state index in [9.17, 15) is 4.79 Å². The van der Waals surface area contributed by atoms with Gasteiger partial charge in [0.1, 0.15) is 0 Å². The molecule has 0 fully saturated rings. The van der Waals surface area contributed by atoms with Crippen LogP contribution in [0.15, 0.2) is 0 Å². The van der Waals surface area contributed by atoms with Gasteiger partial charge in [0.05, 0.1) is 0 Å². The van der Waals surface area contributed by atoms with Crippen molar-refractivity contribution in [2.24, 2.45) is 0 Å². The Hall–Kier alpha value is -0.0500. The van der Waals surface area contributed by atoms with Gasteiger partial charge in [0.15, 0.2) is 0 Å². The van der Waals surface area contributed by atoms with Gasteiger partial charge >= 0.3 is 5.97 Å². The minimum Gasteiger partial charge on any atom is -0.481 e. The first-order valence-electron chi connectivity index (χ1n) is 17.0. The van der Waals surface area contributed by atoms with Crippen LogP contribution < -0.4 is 0 Å². The molecule has 0 aromatic heterocycles. The first-order chi connectivity index (χ1) is 18.3. The topological polar surface area (TPSA) is 37.3 Å². The number of unbranched alkanes of at least 4 members (excludes halogenated alkanes) is 30. The van der Waals surface area contributed by atoms with Gasteiger partial charge < -0.3 is 5.11 Å². The molecule has 0 aliphatic rings. The molecule has 0 radical (unpaired) electrons. The van der Waals surface area contributed by atoms with Gasteiger partial charge in [0.25, 0.3) is 0 Å². The number of rotatable bonds is 33. The van der Waals surface area contributed by atoms with Crippen molar-refractivity contribution in [2.45, 2.75) is 205 Å². The third-order valence-electron chi connectivity index (χ3n) is 8.02. The summed E-state index contributed by atoms with van der Waals surface area (Å²) in [6.45, 7) is 0. The van der Waals surface area contributed by atoms with Crippen molar-refractivity contribution in [1.29, 1.82) is 0 Å². The van der Waals surface area contributed by atoms with Crippen LogP contribution in [-0.2, 0) is 4.79 Å². The highest BCUT2D eigenvalue weighted by Crippen LogP contribution is 2.16. The largest absolute Gasteiger partial charge is 0.481 e. The standard InChI is InChI=1S/C34H67BrO2/c35-33-31-29-27-25-23-21-19-17-15-13-11-9-7-5-3-1-2-4-6-8-10-12-14-16-18-20-22-24-26-28-30-32-34(36)37/h1-33H2,(H,36,37). The smallest absolute Gasteiger partial charge is 0.303 e. The Morgan fingerprint density at radius 1 is 0.324 bits per heavy atom. The average molecular weight is 588 g/mol. The molecule has 0 spiro atoms. The number of aliphatic carboxylic acids is 1. The van der Waals surface area contributed by atoms with Gasteiger partial charge in [0, 0.05) is 11.8 Å². The van der Waals surface area contributed by atoms with Gasteiger partial charge in [-0.1, -0.05) is 202 Å². The molecule has 0 aliphatic heterocycles. The molecule has 0 saturated carbocycles. The summed E-state index contributed by atoms with van der Waals surface area (Å²) in [7, 11) is 0. The fourth-order valence-corrected chi connectivity index (χ4v) is 5.89. The quantitative estimate of drug-likeness (QED) is 0.0612. The van der Waals surface area contributed by atoms with Crippen LogP contribution >= 0.6 is 15.9 Å². The zero-order valence-corrected chi connectivity index (χ0v) is 26.7. The fraction of sp³-hybridized carbons (Fsp3) is 0.971. The van der Waals surface area contributed by atoms with Crippen molar-refractivity contribution in [3.05, 3.63) is 0 Å². The molecule has 0 bridgehead atoms. The maximum absolute atomic E-state index is 10.5. The van der Waals surface area contributed by atoms with Crippen LogP contribution in [0.1, 0.15) is 205 Å². The first-order valence-corrected chi connectivity index (χ1v) is 18.2. The van der Waals surface area contributed by atoms with Gasteiger partial charge in [0.2, 0.25) is 0 Å². The minimum atomic E-state index is -0.648. The van der Waals surface area contributed by atoms with Gasteiger partial charge in [-0.3, -0.25) is 4.79 Å². The van der Waals surface area contributed by atoms with Crippen molar-refractivity contribution in [1.82, 2.24) is 0 Å². The predicted molar refractivity (Wildman–Crippen MR) is 169 cm³/mol. The Morgan fingerprint density at radius 2 is 0.486 bits per heavy atom. The molecular formula is C34H67BrO2. The third kappa shape index (κ3) is 36.0. The lowest BCUT2D eigenvalue weighted by Gasteiger charge is -2.04. The summed E-state index contributed by atoms with van der Waals surface area (Å²) in [6, 6.07) is 0. The predicted octanol–water partition coefficient (Wildman–Crippen LogP) is 12.9. The van der Waals surface area contributed by atoms with Crippen molar-refractivity contribution in [2.75, 3.05) is 5.33 Å². The second kappa shape index (κ2) is 34.0. The molecule has 0 aromatic rings. The normalized spacial score (nSPS) is 11.4. The lowest BCUT2D eigenvalue weighted by atomic mass is 10.0. The van der Waals surface area contributed by atoms with Crippen LogP contribution in [0.4, 0.5) is 0 Å². The summed E-state index contributed by atoms with van der Waals surface area (Å²) in [5, 5.41) is 9.80. The Labute approximate surface area is 242 Å². The molecule has 0 unspecified atom stereocenters. The number of halogens is 1. The van der Waals surface area contributed by atoms with Gasteiger partial charge in [-0.05, 0) is 12.8 Å². The Bertz CT molecular complexity index is 426. The van der Waals surface area contributed by atoms with E-state index in [4.69, 9.17) is 5.11 Å². The van der Waals surface area contributed by atoms with Crippen molar-refractivity contribution < 1.29 is 9.90 Å². The van der Waals surface area contributed by atoms with Crippen molar-refractivity contribution in [3.8, 4) is 0 Å². The Kier molecular flexibility index (Phi) is 33.9. The number of carboxylic acids is 1. The van der Waals surface area contributed by atoms with E-state index < -0.39 is 5.97 Å². The van der Waals surface area contributed by atoms with Crippen molar-refractivity contribution in [3.63, 3.8) is 0 Å². The molecule has 0 aromatic carbocycles. The molecular weight excluding hydrogens is 520 g/mol. The van der Waals surface area contributed by atoms with Gasteiger partial charge in [-0.15, -0.1) is 0 Å². The number of carbonyl (C=O) groups is 1. The van der Waals surface area contributed by atoms with Gasteiger partial charge in [-0.25, -0.2) is 0 Å². The molecule has 222 valence electrons. The maximum Gasteiger partial charge on any atom is 0.303 e. The van der Waals surface area contributed by atoms with E-state index in [1.54, 1.807) is 0 Å². The molecule has 37 heavy (non-hydrogen) atoms. The van der Waals surface area contributed by atoms with Crippen LogP contribution in [0, 0.1) is 0 Å². The van der Waals surface area contributed by atoms with Crippen LogP contribution in [0.3, 0.4) is 0 Å². The second-order valence-corrected chi connectivity index (χ2v) is 12.6. The highest BCUT2D eigenvalue weighted by molar-refractivity contribution is 9.09. The van der Waals surface area contributed by atoms with E-state index in [-0.39, 0.29) is 0 Å². The zero-order chi connectivity index (χ0) is 26.9. The van der Waals surface area contributed by atoms with E-state index in [1.165, 1.54) is 192 Å². The van der Waals surface area contributed by atoms with Crippen LogP contribution in [-0.4, -0.2) is 16.4 Å². The zero-order valence-electron chi connectivity index (χ0n) is 25.1. The van der Waals surface area contributed by atoms with Crippen LogP contribution in [0.25, 0.3) is 0 Å². The SMILES string of the molecule is O=C(O)CCCCCCCCCCCCCCCCCCCCCCCCCCCCCCCCCBr.